The van der Waals surface area contributed by atoms with Crippen molar-refractivity contribution in [3.63, 3.8) is 0 Å². The molecular formula is C14H16ClN3O2. The molecule has 1 aromatic heterocycles. The van der Waals surface area contributed by atoms with Gasteiger partial charge in [-0.25, -0.2) is 4.98 Å². The van der Waals surface area contributed by atoms with Crippen molar-refractivity contribution in [2.45, 2.75) is 26.3 Å². The van der Waals surface area contributed by atoms with E-state index in [2.05, 4.69) is 4.98 Å². The second-order valence-electron chi connectivity index (χ2n) is 5.37. The Kier molecular flexibility index (Phi) is 3.72. The summed E-state index contributed by atoms with van der Waals surface area (Å²) in [6, 6.07) is 4.82. The summed E-state index contributed by atoms with van der Waals surface area (Å²) in [6.07, 6.45) is 3.14. The third-order valence-electron chi connectivity index (χ3n) is 2.69. The summed E-state index contributed by atoms with van der Waals surface area (Å²) in [4.78, 5) is 16.3. The molecule has 2 aromatic rings. The summed E-state index contributed by atoms with van der Waals surface area (Å²) in [5.74, 6) is 0.276. The Hall–Kier alpha value is -2.01. The Morgan fingerprint density at radius 3 is 2.70 bits per heavy atom. The van der Waals surface area contributed by atoms with Gasteiger partial charge in [0.15, 0.2) is 0 Å². The zero-order valence-electron chi connectivity index (χ0n) is 11.6. The Labute approximate surface area is 122 Å². The van der Waals surface area contributed by atoms with Crippen LogP contribution in [0.4, 0.5) is 5.69 Å². The van der Waals surface area contributed by atoms with Crippen molar-refractivity contribution in [1.29, 1.82) is 0 Å². The maximum atomic E-state index is 12.3. The maximum absolute atomic E-state index is 12.3. The highest BCUT2D eigenvalue weighted by molar-refractivity contribution is 6.32. The van der Waals surface area contributed by atoms with E-state index in [0.717, 1.165) is 0 Å². The molecule has 1 aromatic carbocycles. The fraction of sp³-hybridized carbons (Fsp3) is 0.286. The average Bonchev–Trinajstić information content (AvgIpc) is 2.35. The lowest BCUT2D eigenvalue weighted by Gasteiger charge is -2.22. The summed E-state index contributed by atoms with van der Waals surface area (Å²) in [5.41, 5.74) is 5.49. The van der Waals surface area contributed by atoms with Crippen molar-refractivity contribution >= 4 is 17.3 Å². The summed E-state index contributed by atoms with van der Waals surface area (Å²) >= 11 is 6.01. The molecule has 2 rings (SSSR count). The number of nitrogens with zero attached hydrogens (tertiary/aromatic N) is 2. The first-order chi connectivity index (χ1) is 9.29. The third kappa shape index (κ3) is 2.93. The van der Waals surface area contributed by atoms with Gasteiger partial charge in [-0.1, -0.05) is 11.6 Å². The van der Waals surface area contributed by atoms with E-state index in [1.165, 1.54) is 6.20 Å². The van der Waals surface area contributed by atoms with Crippen LogP contribution >= 0.6 is 11.6 Å². The number of anilines is 1. The molecular weight excluding hydrogens is 278 g/mol. The molecule has 0 radical (unpaired) electrons. The number of halogens is 1. The molecule has 1 heterocycles. The van der Waals surface area contributed by atoms with Crippen LogP contribution in [-0.4, -0.2) is 9.55 Å². The number of ether oxygens (including phenoxy) is 1. The molecule has 0 aliphatic carbocycles. The first kappa shape index (κ1) is 14.4. The van der Waals surface area contributed by atoms with Crippen LogP contribution in [0.3, 0.4) is 0 Å². The number of benzene rings is 1. The van der Waals surface area contributed by atoms with Gasteiger partial charge in [0.1, 0.15) is 5.75 Å². The predicted octanol–water partition coefficient (Wildman–Crippen LogP) is 3.03. The molecule has 0 amide bonds. The van der Waals surface area contributed by atoms with Crippen molar-refractivity contribution in [3.8, 4) is 11.6 Å². The number of nitrogen functional groups attached to an aromatic ring is 1. The molecule has 0 saturated heterocycles. The number of hydrogen-bond acceptors (Lipinski definition) is 4. The second-order valence-corrected chi connectivity index (χ2v) is 5.78. The lowest BCUT2D eigenvalue weighted by atomic mass is 10.1. The summed E-state index contributed by atoms with van der Waals surface area (Å²) in [6.45, 7) is 5.77. The molecule has 6 heteroatoms. The van der Waals surface area contributed by atoms with Gasteiger partial charge in [0.25, 0.3) is 5.88 Å². The number of nitrogens with two attached hydrogens (primary N) is 1. The minimum atomic E-state index is -0.363. The predicted molar refractivity (Wildman–Crippen MR) is 79.4 cm³/mol. The van der Waals surface area contributed by atoms with Gasteiger partial charge in [-0.05, 0) is 32.9 Å². The SMILES string of the molecule is CC(C)(C)n1ccnc(Oc2cc(N)ccc2Cl)c1=O. The Bertz CT molecular complexity index is 690. The van der Waals surface area contributed by atoms with E-state index >= 15 is 0 Å². The van der Waals surface area contributed by atoms with Gasteiger partial charge in [-0.3, -0.25) is 4.79 Å². The van der Waals surface area contributed by atoms with Crippen molar-refractivity contribution < 1.29 is 4.74 Å². The summed E-state index contributed by atoms with van der Waals surface area (Å²) < 4.78 is 7.05. The van der Waals surface area contributed by atoms with Crippen LogP contribution in [0.2, 0.25) is 5.02 Å². The average molecular weight is 294 g/mol. The summed E-state index contributed by atoms with van der Waals surface area (Å²) in [7, 11) is 0. The normalized spacial score (nSPS) is 11.4. The van der Waals surface area contributed by atoms with E-state index < -0.39 is 0 Å². The van der Waals surface area contributed by atoms with Crippen molar-refractivity contribution in [3.05, 3.63) is 46.0 Å². The van der Waals surface area contributed by atoms with Gasteiger partial charge < -0.3 is 15.0 Å². The molecule has 0 aliphatic rings. The van der Waals surface area contributed by atoms with Crippen LogP contribution in [0.1, 0.15) is 20.8 Å². The molecule has 0 saturated carbocycles. The molecule has 5 nitrogen and oxygen atoms in total. The Morgan fingerprint density at radius 1 is 1.35 bits per heavy atom. The van der Waals surface area contributed by atoms with E-state index in [0.29, 0.717) is 16.5 Å². The van der Waals surface area contributed by atoms with Crippen molar-refractivity contribution in [2.75, 3.05) is 5.73 Å². The summed E-state index contributed by atoms with van der Waals surface area (Å²) in [5, 5.41) is 0.367. The molecule has 0 fully saturated rings. The van der Waals surface area contributed by atoms with E-state index in [-0.39, 0.29) is 17.0 Å². The zero-order chi connectivity index (χ0) is 14.9. The molecule has 20 heavy (non-hydrogen) atoms. The highest BCUT2D eigenvalue weighted by Gasteiger charge is 2.18. The van der Waals surface area contributed by atoms with E-state index in [1.54, 1.807) is 29.0 Å². The quantitative estimate of drug-likeness (QED) is 0.864. The van der Waals surface area contributed by atoms with Gasteiger partial charge in [0.05, 0.1) is 5.02 Å². The fourth-order valence-corrected chi connectivity index (χ4v) is 1.85. The highest BCUT2D eigenvalue weighted by Crippen LogP contribution is 2.29. The standard InChI is InChI=1S/C14H16ClN3O2/c1-14(2,3)18-7-6-17-12(13(18)19)20-11-8-9(16)4-5-10(11)15/h4-8H,16H2,1-3H3. The third-order valence-corrected chi connectivity index (χ3v) is 3.01. The largest absolute Gasteiger partial charge is 0.433 e. The highest BCUT2D eigenvalue weighted by atomic mass is 35.5. The zero-order valence-corrected chi connectivity index (χ0v) is 12.3. The van der Waals surface area contributed by atoms with Gasteiger partial charge in [-0.2, -0.15) is 0 Å². The number of rotatable bonds is 2. The van der Waals surface area contributed by atoms with E-state index in [9.17, 15) is 4.79 Å². The van der Waals surface area contributed by atoms with Gasteiger partial charge in [0, 0.05) is 29.7 Å². The van der Waals surface area contributed by atoms with Gasteiger partial charge >= 0.3 is 5.56 Å². The second kappa shape index (κ2) is 5.17. The first-order valence-corrected chi connectivity index (χ1v) is 6.48. The molecule has 0 bridgehead atoms. The molecule has 106 valence electrons. The minimum Gasteiger partial charge on any atom is -0.433 e. The van der Waals surface area contributed by atoms with Crippen LogP contribution in [-0.2, 0) is 5.54 Å². The Balaban J connectivity index is 2.45. The lowest BCUT2D eigenvalue weighted by Crippen LogP contribution is -2.34. The van der Waals surface area contributed by atoms with Gasteiger partial charge in [0.2, 0.25) is 0 Å². The maximum Gasteiger partial charge on any atom is 0.314 e. The number of aromatic nitrogens is 2. The smallest absolute Gasteiger partial charge is 0.314 e. The van der Waals surface area contributed by atoms with Crippen LogP contribution in [0.25, 0.3) is 0 Å². The van der Waals surface area contributed by atoms with Crippen LogP contribution in [0.5, 0.6) is 11.6 Å². The minimum absolute atomic E-state index is 0.0325. The lowest BCUT2D eigenvalue weighted by molar-refractivity contribution is 0.363. The van der Waals surface area contributed by atoms with E-state index in [1.807, 2.05) is 20.8 Å². The van der Waals surface area contributed by atoms with Crippen LogP contribution < -0.4 is 16.0 Å². The first-order valence-electron chi connectivity index (χ1n) is 6.10. The van der Waals surface area contributed by atoms with Gasteiger partial charge in [-0.15, -0.1) is 0 Å². The van der Waals surface area contributed by atoms with Crippen LogP contribution in [0, 0.1) is 0 Å². The van der Waals surface area contributed by atoms with E-state index in [4.69, 9.17) is 22.1 Å². The number of hydrogen-bond donors (Lipinski definition) is 1. The molecule has 0 aliphatic heterocycles. The molecule has 2 N–H and O–H groups in total. The van der Waals surface area contributed by atoms with Crippen molar-refractivity contribution in [2.24, 2.45) is 0 Å². The molecule has 0 atom stereocenters. The molecule has 0 unspecified atom stereocenters. The van der Waals surface area contributed by atoms with Crippen LogP contribution in [0.15, 0.2) is 35.4 Å². The fourth-order valence-electron chi connectivity index (χ4n) is 1.69. The Morgan fingerprint density at radius 2 is 2.05 bits per heavy atom. The monoisotopic (exact) mass is 293 g/mol. The topological polar surface area (TPSA) is 70.1 Å². The van der Waals surface area contributed by atoms with Crippen molar-refractivity contribution in [1.82, 2.24) is 9.55 Å². The molecule has 0 spiro atoms.